The number of unbranched alkanes of at least 4 members (excludes halogenated alkanes) is 4. The number of halogens is 1. The third-order valence-corrected chi connectivity index (χ3v) is 4.24. The van der Waals surface area contributed by atoms with E-state index < -0.39 is 11.4 Å². The fourth-order valence-corrected chi connectivity index (χ4v) is 2.48. The molecule has 1 aromatic rings. The number of hydrogen-bond donors (Lipinski definition) is 2. The first-order valence-electron chi connectivity index (χ1n) is 8.10. The van der Waals surface area contributed by atoms with Gasteiger partial charge < -0.3 is 10.4 Å². The van der Waals surface area contributed by atoms with Crippen LogP contribution in [0.1, 0.15) is 57.9 Å². The largest absolute Gasteiger partial charge is 0.481 e. The summed E-state index contributed by atoms with van der Waals surface area (Å²) in [5.74, 6) is -0.729. The van der Waals surface area contributed by atoms with Gasteiger partial charge in [0.15, 0.2) is 0 Å². The Bertz CT molecular complexity index is 512. The number of aliphatic carboxylic acids is 1. The van der Waals surface area contributed by atoms with Crippen molar-refractivity contribution in [2.45, 2.75) is 57.8 Å². The predicted molar refractivity (Wildman–Crippen MR) is 92.8 cm³/mol. The Balaban J connectivity index is 2.25. The second-order valence-electron chi connectivity index (χ2n) is 6.30. The highest BCUT2D eigenvalue weighted by molar-refractivity contribution is 6.30. The Hall–Kier alpha value is -1.55. The lowest BCUT2D eigenvalue weighted by atomic mass is 9.84. The average molecular weight is 340 g/mol. The van der Waals surface area contributed by atoms with E-state index in [0.29, 0.717) is 11.6 Å². The average Bonchev–Trinajstić information content (AvgIpc) is 2.49. The van der Waals surface area contributed by atoms with Crippen molar-refractivity contribution in [1.29, 1.82) is 0 Å². The first kappa shape index (κ1) is 19.5. The van der Waals surface area contributed by atoms with Gasteiger partial charge in [0.05, 0.1) is 5.41 Å². The van der Waals surface area contributed by atoms with Crippen LogP contribution in [0.15, 0.2) is 24.3 Å². The topological polar surface area (TPSA) is 66.4 Å². The summed E-state index contributed by atoms with van der Waals surface area (Å²) >= 11 is 5.88. The van der Waals surface area contributed by atoms with E-state index in [2.05, 4.69) is 5.32 Å². The van der Waals surface area contributed by atoms with Gasteiger partial charge in [0.2, 0.25) is 5.91 Å². The number of hydrogen-bond acceptors (Lipinski definition) is 2. The van der Waals surface area contributed by atoms with Crippen LogP contribution in [0.25, 0.3) is 0 Å². The molecule has 0 saturated heterocycles. The summed E-state index contributed by atoms with van der Waals surface area (Å²) in [5.41, 5.74) is 0.347. The third-order valence-electron chi connectivity index (χ3n) is 3.99. The van der Waals surface area contributed by atoms with Gasteiger partial charge in [0.25, 0.3) is 0 Å². The normalized spacial score (nSPS) is 11.3. The number of amides is 1. The third kappa shape index (κ3) is 7.04. The molecule has 0 bridgehead atoms. The monoisotopic (exact) mass is 339 g/mol. The van der Waals surface area contributed by atoms with Crippen LogP contribution >= 0.6 is 11.6 Å². The van der Waals surface area contributed by atoms with E-state index in [1.54, 1.807) is 12.1 Å². The second-order valence-corrected chi connectivity index (χ2v) is 6.74. The summed E-state index contributed by atoms with van der Waals surface area (Å²) in [7, 11) is 0. The van der Waals surface area contributed by atoms with Crippen LogP contribution in [0.4, 0.5) is 0 Å². The minimum atomic E-state index is -0.735. The zero-order valence-electron chi connectivity index (χ0n) is 13.9. The van der Waals surface area contributed by atoms with Crippen LogP contribution < -0.4 is 5.32 Å². The molecule has 0 aromatic heterocycles. The van der Waals surface area contributed by atoms with Gasteiger partial charge in [-0.2, -0.15) is 0 Å². The van der Waals surface area contributed by atoms with Crippen molar-refractivity contribution in [3.8, 4) is 0 Å². The lowest BCUT2D eigenvalue weighted by Gasteiger charge is -2.24. The summed E-state index contributed by atoms with van der Waals surface area (Å²) < 4.78 is 0. The Labute approximate surface area is 143 Å². The standard InChI is InChI=1S/C18H26ClNO3/c1-18(2,14-9-11-15(19)12-10-14)17(23)20-13-7-5-3-4-6-8-16(21)22/h9-12H,3-8,13H2,1-2H3,(H,20,23)(H,21,22). The van der Waals surface area contributed by atoms with Crippen molar-refractivity contribution >= 4 is 23.5 Å². The van der Waals surface area contributed by atoms with E-state index in [0.717, 1.165) is 37.7 Å². The quantitative estimate of drug-likeness (QED) is 0.629. The van der Waals surface area contributed by atoms with E-state index in [1.807, 2.05) is 26.0 Å². The molecule has 0 spiro atoms. The number of carbonyl (C=O) groups is 2. The molecule has 5 heteroatoms. The summed E-state index contributed by atoms with van der Waals surface area (Å²) in [6.45, 7) is 4.45. The maximum Gasteiger partial charge on any atom is 0.303 e. The smallest absolute Gasteiger partial charge is 0.303 e. The van der Waals surface area contributed by atoms with Crippen molar-refractivity contribution in [2.24, 2.45) is 0 Å². The van der Waals surface area contributed by atoms with Crippen molar-refractivity contribution in [3.63, 3.8) is 0 Å². The minimum Gasteiger partial charge on any atom is -0.481 e. The molecule has 0 aliphatic carbocycles. The number of carbonyl (C=O) groups excluding carboxylic acids is 1. The van der Waals surface area contributed by atoms with Gasteiger partial charge in [-0.15, -0.1) is 0 Å². The van der Waals surface area contributed by atoms with Crippen molar-refractivity contribution in [3.05, 3.63) is 34.9 Å². The number of rotatable bonds is 10. The molecule has 0 atom stereocenters. The number of benzene rings is 1. The Morgan fingerprint density at radius 2 is 1.61 bits per heavy atom. The van der Waals surface area contributed by atoms with Gasteiger partial charge in [-0.25, -0.2) is 0 Å². The lowest BCUT2D eigenvalue weighted by molar-refractivity contribution is -0.137. The number of nitrogens with one attached hydrogen (secondary N) is 1. The Morgan fingerprint density at radius 1 is 1.04 bits per heavy atom. The summed E-state index contributed by atoms with van der Waals surface area (Å²) in [5, 5.41) is 12.2. The van der Waals surface area contributed by atoms with Crippen molar-refractivity contribution in [1.82, 2.24) is 5.32 Å². The zero-order valence-corrected chi connectivity index (χ0v) is 14.7. The second kappa shape index (κ2) is 9.56. The van der Waals surface area contributed by atoms with Crippen LogP contribution in [0.3, 0.4) is 0 Å². The molecule has 23 heavy (non-hydrogen) atoms. The van der Waals surface area contributed by atoms with Gasteiger partial charge in [-0.05, 0) is 44.4 Å². The molecule has 0 aliphatic heterocycles. The number of carboxylic acid groups (broad SMARTS) is 1. The van der Waals surface area contributed by atoms with E-state index in [-0.39, 0.29) is 12.3 Å². The first-order valence-corrected chi connectivity index (χ1v) is 8.48. The lowest BCUT2D eigenvalue weighted by Crippen LogP contribution is -2.40. The molecule has 0 unspecified atom stereocenters. The van der Waals surface area contributed by atoms with Gasteiger partial charge in [-0.1, -0.05) is 43.0 Å². The molecule has 4 nitrogen and oxygen atoms in total. The van der Waals surface area contributed by atoms with E-state index in [9.17, 15) is 9.59 Å². The molecule has 1 amide bonds. The fourth-order valence-electron chi connectivity index (χ4n) is 2.35. The molecule has 2 N–H and O–H groups in total. The highest BCUT2D eigenvalue weighted by Gasteiger charge is 2.29. The van der Waals surface area contributed by atoms with Crippen molar-refractivity contribution in [2.75, 3.05) is 6.54 Å². The first-order chi connectivity index (χ1) is 10.8. The van der Waals surface area contributed by atoms with E-state index in [1.165, 1.54) is 0 Å². The van der Waals surface area contributed by atoms with Gasteiger partial charge in [0, 0.05) is 18.0 Å². The zero-order chi connectivity index (χ0) is 17.3. The molecule has 1 aromatic carbocycles. The number of carboxylic acids is 1. The molecule has 128 valence electrons. The molecular formula is C18H26ClNO3. The highest BCUT2D eigenvalue weighted by Crippen LogP contribution is 2.24. The molecule has 0 fully saturated rings. The van der Waals surface area contributed by atoms with E-state index >= 15 is 0 Å². The molecule has 0 heterocycles. The molecule has 0 saturated carbocycles. The summed E-state index contributed by atoms with van der Waals surface area (Å²) in [6, 6.07) is 7.35. The molecule has 1 rings (SSSR count). The molecule has 0 radical (unpaired) electrons. The molecule has 0 aliphatic rings. The van der Waals surface area contributed by atoms with Crippen LogP contribution in [0.2, 0.25) is 5.02 Å². The van der Waals surface area contributed by atoms with Crippen LogP contribution in [-0.4, -0.2) is 23.5 Å². The predicted octanol–water partition coefficient (Wildman–Crippen LogP) is 4.16. The fraction of sp³-hybridized carbons (Fsp3) is 0.556. The summed E-state index contributed by atoms with van der Waals surface area (Å²) in [4.78, 5) is 22.7. The highest BCUT2D eigenvalue weighted by atomic mass is 35.5. The van der Waals surface area contributed by atoms with Crippen LogP contribution in [-0.2, 0) is 15.0 Å². The maximum atomic E-state index is 12.4. The SMILES string of the molecule is CC(C)(C(=O)NCCCCCCCC(=O)O)c1ccc(Cl)cc1. The molecular weight excluding hydrogens is 314 g/mol. The maximum absolute atomic E-state index is 12.4. The van der Waals surface area contributed by atoms with Gasteiger partial charge in [0.1, 0.15) is 0 Å². The van der Waals surface area contributed by atoms with Crippen molar-refractivity contribution < 1.29 is 14.7 Å². The summed E-state index contributed by atoms with van der Waals surface area (Å²) in [6.07, 6.45) is 4.81. The van der Waals surface area contributed by atoms with E-state index in [4.69, 9.17) is 16.7 Å². The van der Waals surface area contributed by atoms with Gasteiger partial charge in [-0.3, -0.25) is 9.59 Å². The Morgan fingerprint density at radius 3 is 2.22 bits per heavy atom. The Kier molecular flexibility index (Phi) is 8.10. The van der Waals surface area contributed by atoms with Gasteiger partial charge >= 0.3 is 5.97 Å². The van der Waals surface area contributed by atoms with Crippen LogP contribution in [0, 0.1) is 0 Å². The van der Waals surface area contributed by atoms with Crippen LogP contribution in [0.5, 0.6) is 0 Å². The minimum absolute atomic E-state index is 0.00528.